The summed E-state index contributed by atoms with van der Waals surface area (Å²) in [5.41, 5.74) is 2.27. The molecular formula is C24H54B. The maximum absolute atomic E-state index is 2.35. The van der Waals surface area contributed by atoms with Gasteiger partial charge in [-0.3, -0.25) is 0 Å². The highest BCUT2D eigenvalue weighted by atomic mass is 14.5. The van der Waals surface area contributed by atoms with E-state index in [2.05, 4.69) is 111 Å². The monoisotopic (exact) mass is 353 g/mol. The molecule has 0 aliphatic heterocycles. The van der Waals surface area contributed by atoms with Gasteiger partial charge in [-0.1, -0.05) is 125 Å². The van der Waals surface area contributed by atoms with Crippen LogP contribution in [0, 0.1) is 32.5 Å². The SMILES string of the molecule is CC.CC(C)(C)C(C)(C)C(C)(C)C.CC(C)(C)C(C)(C)C(C)(C)C.[B]. The average molecular weight is 354 g/mol. The van der Waals surface area contributed by atoms with Crippen LogP contribution in [0.25, 0.3) is 0 Å². The lowest BCUT2D eigenvalue weighted by Crippen LogP contribution is -2.41. The molecule has 0 atom stereocenters. The Morgan fingerprint density at radius 2 is 0.360 bits per heavy atom. The molecule has 0 aliphatic carbocycles. The zero-order valence-corrected chi connectivity index (χ0v) is 21.6. The van der Waals surface area contributed by atoms with E-state index < -0.39 is 0 Å². The third-order valence-electron chi connectivity index (χ3n) is 7.50. The normalized spacial score (nSPS) is 13.7. The topological polar surface area (TPSA) is 0 Å². The van der Waals surface area contributed by atoms with Gasteiger partial charge in [-0.05, 0) is 32.5 Å². The number of hydrogen-bond acceptors (Lipinski definition) is 0. The standard InChI is InChI=1S/2C11H24.C2H6.B/c2*1-9(2,3)11(7,8)10(4,5)6;1-2;/h2*1-8H3;1-2H3;. The van der Waals surface area contributed by atoms with Gasteiger partial charge < -0.3 is 0 Å². The molecule has 0 saturated heterocycles. The van der Waals surface area contributed by atoms with Crippen LogP contribution in [0.15, 0.2) is 0 Å². The summed E-state index contributed by atoms with van der Waals surface area (Å²) in [5, 5.41) is 0. The Labute approximate surface area is 165 Å². The third-order valence-corrected chi connectivity index (χ3v) is 7.50. The molecule has 0 spiro atoms. The molecule has 0 unspecified atom stereocenters. The molecule has 0 aliphatic rings. The Morgan fingerprint density at radius 3 is 0.360 bits per heavy atom. The molecule has 0 aromatic rings. The van der Waals surface area contributed by atoms with E-state index in [-0.39, 0.29) is 8.41 Å². The molecule has 0 heterocycles. The second-order valence-corrected chi connectivity index (χ2v) is 12.2. The molecule has 0 nitrogen and oxygen atoms in total. The summed E-state index contributed by atoms with van der Waals surface area (Å²) in [6.45, 7) is 41.2. The summed E-state index contributed by atoms with van der Waals surface area (Å²) in [4.78, 5) is 0. The van der Waals surface area contributed by atoms with Crippen molar-refractivity contribution >= 4 is 8.41 Å². The zero-order chi connectivity index (χ0) is 21.0. The highest BCUT2D eigenvalue weighted by Gasteiger charge is 2.43. The Hall–Kier alpha value is 0.0649. The molecular weight excluding hydrogens is 299 g/mol. The van der Waals surface area contributed by atoms with E-state index in [0.29, 0.717) is 32.5 Å². The van der Waals surface area contributed by atoms with Crippen molar-refractivity contribution in [3.05, 3.63) is 0 Å². The first-order valence-electron chi connectivity index (χ1n) is 10.0. The fourth-order valence-electron chi connectivity index (χ4n) is 2.25. The van der Waals surface area contributed by atoms with Crippen molar-refractivity contribution in [2.75, 3.05) is 0 Å². The van der Waals surface area contributed by atoms with Gasteiger partial charge in [0.05, 0.1) is 0 Å². The maximum atomic E-state index is 2.35. The Balaban J connectivity index is -0.000000155. The second kappa shape index (κ2) is 9.84. The molecule has 25 heavy (non-hydrogen) atoms. The zero-order valence-electron chi connectivity index (χ0n) is 21.6. The van der Waals surface area contributed by atoms with Crippen LogP contribution in [0.2, 0.25) is 0 Å². The molecule has 0 aromatic heterocycles. The van der Waals surface area contributed by atoms with Crippen LogP contribution >= 0.6 is 0 Å². The van der Waals surface area contributed by atoms with Crippen molar-refractivity contribution < 1.29 is 0 Å². The molecule has 0 amide bonds. The van der Waals surface area contributed by atoms with Crippen molar-refractivity contribution in [3.63, 3.8) is 0 Å². The van der Waals surface area contributed by atoms with Gasteiger partial charge in [-0.25, -0.2) is 0 Å². The molecule has 0 rings (SSSR count). The van der Waals surface area contributed by atoms with Crippen molar-refractivity contribution in [3.8, 4) is 0 Å². The first kappa shape index (κ1) is 32.7. The lowest BCUT2D eigenvalue weighted by atomic mass is 9.56. The van der Waals surface area contributed by atoms with E-state index in [1.807, 2.05) is 13.8 Å². The van der Waals surface area contributed by atoms with Crippen LogP contribution < -0.4 is 0 Å². The van der Waals surface area contributed by atoms with Gasteiger partial charge in [0, 0.05) is 8.41 Å². The third kappa shape index (κ3) is 9.01. The molecule has 0 bridgehead atoms. The molecule has 153 valence electrons. The quantitative estimate of drug-likeness (QED) is 0.381. The van der Waals surface area contributed by atoms with Gasteiger partial charge in [0.25, 0.3) is 0 Å². The first-order chi connectivity index (χ1) is 10.0. The molecule has 0 fully saturated rings. The predicted octanol–water partition coefficient (Wildman–Crippen LogP) is 8.86. The smallest absolute Gasteiger partial charge is 0 e. The van der Waals surface area contributed by atoms with E-state index in [0.717, 1.165) is 0 Å². The highest BCUT2D eigenvalue weighted by Crippen LogP contribution is 2.51. The minimum Gasteiger partial charge on any atom is -0.0683 e. The van der Waals surface area contributed by atoms with Gasteiger partial charge >= 0.3 is 0 Å². The minimum absolute atomic E-state index is 0. The van der Waals surface area contributed by atoms with Crippen molar-refractivity contribution in [1.29, 1.82) is 0 Å². The van der Waals surface area contributed by atoms with Gasteiger partial charge in [0.2, 0.25) is 0 Å². The fourth-order valence-corrected chi connectivity index (χ4v) is 2.25. The van der Waals surface area contributed by atoms with Gasteiger partial charge in [0.1, 0.15) is 0 Å². The minimum atomic E-state index is 0. The summed E-state index contributed by atoms with van der Waals surface area (Å²) < 4.78 is 0. The van der Waals surface area contributed by atoms with Gasteiger partial charge in [-0.2, -0.15) is 0 Å². The Bertz CT molecular complexity index is 264. The maximum Gasteiger partial charge on any atom is 0 e. The average Bonchev–Trinajstić information content (AvgIpc) is 2.26. The van der Waals surface area contributed by atoms with E-state index in [9.17, 15) is 0 Å². The van der Waals surface area contributed by atoms with E-state index in [4.69, 9.17) is 0 Å². The summed E-state index contributed by atoms with van der Waals surface area (Å²) in [6.07, 6.45) is 0. The molecule has 0 aromatic carbocycles. The second-order valence-electron chi connectivity index (χ2n) is 12.2. The summed E-state index contributed by atoms with van der Waals surface area (Å²) in [5.74, 6) is 0. The van der Waals surface area contributed by atoms with Gasteiger partial charge in [0.15, 0.2) is 0 Å². The Morgan fingerprint density at radius 1 is 0.280 bits per heavy atom. The summed E-state index contributed by atoms with van der Waals surface area (Å²) >= 11 is 0. The van der Waals surface area contributed by atoms with Crippen LogP contribution in [0.3, 0.4) is 0 Å². The van der Waals surface area contributed by atoms with Crippen LogP contribution in [0.4, 0.5) is 0 Å². The number of hydrogen-bond donors (Lipinski definition) is 0. The van der Waals surface area contributed by atoms with Crippen LogP contribution in [-0.2, 0) is 0 Å². The van der Waals surface area contributed by atoms with Crippen molar-refractivity contribution in [2.24, 2.45) is 32.5 Å². The van der Waals surface area contributed by atoms with Crippen LogP contribution in [0.5, 0.6) is 0 Å². The highest BCUT2D eigenvalue weighted by molar-refractivity contribution is 5.75. The lowest BCUT2D eigenvalue weighted by molar-refractivity contribution is 0.00566. The van der Waals surface area contributed by atoms with Crippen LogP contribution in [-0.4, -0.2) is 8.41 Å². The van der Waals surface area contributed by atoms with Crippen molar-refractivity contribution in [1.82, 2.24) is 0 Å². The van der Waals surface area contributed by atoms with Gasteiger partial charge in [-0.15, -0.1) is 0 Å². The van der Waals surface area contributed by atoms with Crippen molar-refractivity contribution in [2.45, 2.75) is 125 Å². The largest absolute Gasteiger partial charge is 0.0683 e. The molecule has 0 N–H and O–H groups in total. The lowest BCUT2D eigenvalue weighted by Gasteiger charge is -2.49. The number of rotatable bonds is 0. The van der Waals surface area contributed by atoms with E-state index >= 15 is 0 Å². The summed E-state index contributed by atoms with van der Waals surface area (Å²) in [6, 6.07) is 0. The molecule has 1 heteroatoms. The predicted molar refractivity (Wildman–Crippen MR) is 122 cm³/mol. The Kier molecular flexibility index (Phi) is 12.9. The van der Waals surface area contributed by atoms with E-state index in [1.165, 1.54) is 0 Å². The van der Waals surface area contributed by atoms with Crippen LogP contribution in [0.1, 0.15) is 125 Å². The fraction of sp³-hybridized carbons (Fsp3) is 1.00. The molecule has 3 radical (unpaired) electrons. The first-order valence-corrected chi connectivity index (χ1v) is 10.0. The molecule has 0 saturated carbocycles. The van der Waals surface area contributed by atoms with E-state index in [1.54, 1.807) is 0 Å². The summed E-state index contributed by atoms with van der Waals surface area (Å²) in [7, 11) is 0.